The summed E-state index contributed by atoms with van der Waals surface area (Å²) in [6.07, 6.45) is 0. The van der Waals surface area contributed by atoms with Crippen LogP contribution in [0.2, 0.25) is 0 Å². The number of amides is 2. The smallest absolute Gasteiger partial charge is 0.345 e. The average Bonchev–Trinajstić information content (AvgIpc) is 2.72. The number of carboxylic acid groups (broad SMARTS) is 1. The molecule has 0 radical (unpaired) electrons. The van der Waals surface area contributed by atoms with Crippen LogP contribution in [0.3, 0.4) is 0 Å². The van der Waals surface area contributed by atoms with E-state index in [1.54, 1.807) is 17.9 Å². The standard InChI is InChI=1S/C10H10N2O4S/c1-5-9(14)11-7(13)4-12(5)8-3-2-6(17-8)10(15)16/h2-3,5H,4H2,1H3,(H,15,16)(H,11,13,14). The third-order valence-corrected chi connectivity index (χ3v) is 3.62. The summed E-state index contributed by atoms with van der Waals surface area (Å²) in [6, 6.07) is 2.59. The van der Waals surface area contributed by atoms with Crippen molar-refractivity contribution in [3.63, 3.8) is 0 Å². The highest BCUT2D eigenvalue weighted by atomic mass is 32.1. The fourth-order valence-corrected chi connectivity index (χ4v) is 2.51. The molecule has 1 aromatic heterocycles. The number of carbonyl (C=O) groups is 3. The first kappa shape index (κ1) is 11.6. The third kappa shape index (κ3) is 2.14. The summed E-state index contributed by atoms with van der Waals surface area (Å²) in [6.45, 7) is 1.73. The van der Waals surface area contributed by atoms with Gasteiger partial charge in [-0.2, -0.15) is 0 Å². The normalized spacial score (nSPS) is 20.3. The van der Waals surface area contributed by atoms with Crippen molar-refractivity contribution in [2.75, 3.05) is 11.4 Å². The van der Waals surface area contributed by atoms with Crippen LogP contribution in [0.15, 0.2) is 12.1 Å². The zero-order valence-electron chi connectivity index (χ0n) is 8.97. The SMILES string of the molecule is CC1C(=O)NC(=O)CN1c1ccc(C(=O)O)s1. The summed E-state index contributed by atoms with van der Waals surface area (Å²) in [4.78, 5) is 35.2. The Hall–Kier alpha value is -1.89. The number of anilines is 1. The van der Waals surface area contributed by atoms with Gasteiger partial charge in [0.2, 0.25) is 11.8 Å². The van der Waals surface area contributed by atoms with Crippen LogP contribution in [0, 0.1) is 0 Å². The lowest BCUT2D eigenvalue weighted by Gasteiger charge is -2.32. The van der Waals surface area contributed by atoms with E-state index in [1.165, 1.54) is 6.07 Å². The average molecular weight is 254 g/mol. The zero-order chi connectivity index (χ0) is 12.6. The van der Waals surface area contributed by atoms with E-state index in [4.69, 9.17) is 5.11 Å². The highest BCUT2D eigenvalue weighted by Crippen LogP contribution is 2.28. The Morgan fingerprint density at radius 2 is 2.24 bits per heavy atom. The molecule has 2 rings (SSSR count). The maximum atomic E-state index is 11.4. The maximum Gasteiger partial charge on any atom is 0.345 e. The molecule has 2 N–H and O–H groups in total. The molecule has 0 saturated carbocycles. The summed E-state index contributed by atoms with van der Waals surface area (Å²) < 4.78 is 0. The summed E-state index contributed by atoms with van der Waals surface area (Å²) in [5.74, 6) is -1.76. The Morgan fingerprint density at radius 1 is 1.53 bits per heavy atom. The molecule has 0 aromatic carbocycles. The van der Waals surface area contributed by atoms with Crippen molar-refractivity contribution < 1.29 is 19.5 Å². The minimum absolute atomic E-state index is 0.0620. The molecule has 90 valence electrons. The van der Waals surface area contributed by atoms with E-state index in [0.717, 1.165) is 11.3 Å². The van der Waals surface area contributed by atoms with Gasteiger partial charge < -0.3 is 10.0 Å². The Balaban J connectivity index is 2.28. The van der Waals surface area contributed by atoms with Crippen molar-refractivity contribution >= 4 is 34.1 Å². The molecule has 0 spiro atoms. The van der Waals surface area contributed by atoms with Gasteiger partial charge in [0.05, 0.1) is 11.5 Å². The second-order valence-electron chi connectivity index (χ2n) is 3.66. The number of imide groups is 1. The second kappa shape index (κ2) is 4.17. The fourth-order valence-electron chi connectivity index (χ4n) is 1.58. The van der Waals surface area contributed by atoms with Crippen LogP contribution in [-0.2, 0) is 9.59 Å². The monoisotopic (exact) mass is 254 g/mol. The van der Waals surface area contributed by atoms with Crippen LogP contribution in [0.4, 0.5) is 5.00 Å². The number of nitrogens with zero attached hydrogens (tertiary/aromatic N) is 1. The van der Waals surface area contributed by atoms with Gasteiger partial charge in [-0.3, -0.25) is 14.9 Å². The highest BCUT2D eigenvalue weighted by molar-refractivity contribution is 7.17. The molecule has 0 bridgehead atoms. The van der Waals surface area contributed by atoms with Gasteiger partial charge in [-0.25, -0.2) is 4.79 Å². The van der Waals surface area contributed by atoms with Gasteiger partial charge in [0, 0.05) is 0 Å². The van der Waals surface area contributed by atoms with Gasteiger partial charge in [-0.1, -0.05) is 0 Å². The predicted octanol–water partition coefficient (Wildman–Crippen LogP) is 0.298. The number of carbonyl (C=O) groups excluding carboxylic acids is 2. The summed E-state index contributed by atoms with van der Waals surface area (Å²) >= 11 is 1.05. The minimum Gasteiger partial charge on any atom is -0.477 e. The number of rotatable bonds is 2. The number of hydrogen-bond acceptors (Lipinski definition) is 5. The molecular formula is C10H10N2O4S. The molecule has 1 atom stereocenters. The number of hydrogen-bond donors (Lipinski definition) is 2. The topological polar surface area (TPSA) is 86.7 Å². The highest BCUT2D eigenvalue weighted by Gasteiger charge is 2.31. The van der Waals surface area contributed by atoms with Gasteiger partial charge in [-0.05, 0) is 19.1 Å². The molecule has 1 aromatic rings. The Kier molecular flexibility index (Phi) is 2.84. The lowest BCUT2D eigenvalue weighted by molar-refractivity contribution is -0.132. The van der Waals surface area contributed by atoms with Crippen molar-refractivity contribution in [3.8, 4) is 0 Å². The molecule has 2 amide bonds. The van der Waals surface area contributed by atoms with Crippen LogP contribution < -0.4 is 10.2 Å². The Labute approximate surface area is 101 Å². The van der Waals surface area contributed by atoms with Crippen molar-refractivity contribution in [2.45, 2.75) is 13.0 Å². The van der Waals surface area contributed by atoms with Gasteiger partial charge in [0.25, 0.3) is 0 Å². The molecule has 0 aliphatic carbocycles. The molecule has 1 fully saturated rings. The first-order valence-electron chi connectivity index (χ1n) is 4.92. The Bertz CT molecular complexity index is 496. The molecule has 1 aliphatic heterocycles. The molecule has 17 heavy (non-hydrogen) atoms. The molecule has 1 saturated heterocycles. The first-order chi connectivity index (χ1) is 7.99. The van der Waals surface area contributed by atoms with Crippen LogP contribution >= 0.6 is 11.3 Å². The lowest BCUT2D eigenvalue weighted by Crippen LogP contribution is -2.56. The molecule has 6 nitrogen and oxygen atoms in total. The molecule has 7 heteroatoms. The third-order valence-electron chi connectivity index (χ3n) is 2.51. The second-order valence-corrected chi connectivity index (χ2v) is 4.72. The van der Waals surface area contributed by atoms with Crippen molar-refractivity contribution in [3.05, 3.63) is 17.0 Å². The largest absolute Gasteiger partial charge is 0.477 e. The van der Waals surface area contributed by atoms with E-state index in [9.17, 15) is 14.4 Å². The number of thiophene rings is 1. The molecule has 2 heterocycles. The van der Waals surface area contributed by atoms with Crippen LogP contribution in [0.25, 0.3) is 0 Å². The van der Waals surface area contributed by atoms with E-state index in [2.05, 4.69) is 5.32 Å². The van der Waals surface area contributed by atoms with Gasteiger partial charge >= 0.3 is 5.97 Å². The van der Waals surface area contributed by atoms with Crippen molar-refractivity contribution in [2.24, 2.45) is 0 Å². The molecule has 1 unspecified atom stereocenters. The number of nitrogens with one attached hydrogen (secondary N) is 1. The van der Waals surface area contributed by atoms with E-state index >= 15 is 0 Å². The van der Waals surface area contributed by atoms with E-state index in [1.807, 2.05) is 0 Å². The maximum absolute atomic E-state index is 11.4. The van der Waals surface area contributed by atoms with Gasteiger partial charge in [0.1, 0.15) is 10.9 Å². The first-order valence-corrected chi connectivity index (χ1v) is 5.74. The molecule has 1 aliphatic rings. The minimum atomic E-state index is -1.01. The Morgan fingerprint density at radius 3 is 2.82 bits per heavy atom. The van der Waals surface area contributed by atoms with Crippen LogP contribution in [-0.4, -0.2) is 35.5 Å². The lowest BCUT2D eigenvalue weighted by atomic mass is 10.2. The van der Waals surface area contributed by atoms with Crippen molar-refractivity contribution in [1.82, 2.24) is 5.32 Å². The number of piperazine rings is 1. The fraction of sp³-hybridized carbons (Fsp3) is 0.300. The summed E-state index contributed by atoms with van der Waals surface area (Å²) in [5.41, 5.74) is 0. The van der Waals surface area contributed by atoms with Crippen molar-refractivity contribution in [1.29, 1.82) is 0 Å². The van der Waals surface area contributed by atoms with Gasteiger partial charge in [0.15, 0.2) is 0 Å². The van der Waals surface area contributed by atoms with E-state index in [-0.39, 0.29) is 23.2 Å². The van der Waals surface area contributed by atoms with E-state index in [0.29, 0.717) is 5.00 Å². The number of aromatic carboxylic acids is 1. The molecular weight excluding hydrogens is 244 g/mol. The summed E-state index contributed by atoms with van der Waals surface area (Å²) in [5, 5.41) is 11.6. The van der Waals surface area contributed by atoms with E-state index < -0.39 is 12.0 Å². The van der Waals surface area contributed by atoms with Crippen LogP contribution in [0.5, 0.6) is 0 Å². The van der Waals surface area contributed by atoms with Gasteiger partial charge in [-0.15, -0.1) is 11.3 Å². The summed E-state index contributed by atoms with van der Waals surface area (Å²) in [7, 11) is 0. The zero-order valence-corrected chi connectivity index (χ0v) is 9.78. The quantitative estimate of drug-likeness (QED) is 0.741. The number of carboxylic acids is 1. The van der Waals surface area contributed by atoms with Crippen LogP contribution in [0.1, 0.15) is 16.6 Å². The predicted molar refractivity (Wildman–Crippen MR) is 61.2 cm³/mol.